The van der Waals surface area contributed by atoms with Crippen molar-refractivity contribution in [3.63, 3.8) is 0 Å². The fourth-order valence-electron chi connectivity index (χ4n) is 2.65. The average molecular weight is 319 g/mol. The van der Waals surface area contributed by atoms with Crippen molar-refractivity contribution in [1.29, 1.82) is 0 Å². The predicted octanol–water partition coefficient (Wildman–Crippen LogP) is 2.24. The van der Waals surface area contributed by atoms with Crippen LogP contribution in [-0.4, -0.2) is 40.8 Å². The first-order valence-electron chi connectivity index (χ1n) is 7.81. The number of hydrogen-bond acceptors (Lipinski definition) is 4. The first-order valence-corrected chi connectivity index (χ1v) is 7.81. The van der Waals surface area contributed by atoms with E-state index in [2.05, 4.69) is 5.10 Å². The number of methoxy groups -OCH3 is 1. The lowest BCUT2D eigenvalue weighted by Crippen LogP contribution is -2.33. The maximum atomic E-state index is 12.6. The summed E-state index contributed by atoms with van der Waals surface area (Å²) in [6.45, 7) is 5.56. The molecule has 6 heteroatoms. The van der Waals surface area contributed by atoms with E-state index in [1.807, 2.05) is 37.7 Å². The molecule has 0 saturated heterocycles. The van der Waals surface area contributed by atoms with Gasteiger partial charge < -0.3 is 14.1 Å². The molecule has 0 atom stereocenters. The molecule has 0 spiro atoms. The van der Waals surface area contributed by atoms with Crippen molar-refractivity contribution in [3.8, 4) is 0 Å². The van der Waals surface area contributed by atoms with E-state index >= 15 is 0 Å². The molecule has 0 unspecified atom stereocenters. The highest BCUT2D eigenvalue weighted by atomic mass is 16.5. The van der Waals surface area contributed by atoms with Gasteiger partial charge >= 0.3 is 0 Å². The third-order valence-corrected chi connectivity index (χ3v) is 4.09. The van der Waals surface area contributed by atoms with Crippen LogP contribution in [0.5, 0.6) is 0 Å². The second-order valence-corrected chi connectivity index (χ2v) is 5.66. The Hall–Kier alpha value is -2.08. The number of aryl methyl sites for hydroxylation is 2. The number of hydrogen-bond donors (Lipinski definition) is 0. The SMILES string of the molecule is COCCN(Cc1ccco1)C(=O)CCc1c(C)nn(C)c1C. The lowest BCUT2D eigenvalue weighted by molar-refractivity contribution is -0.132. The zero-order chi connectivity index (χ0) is 16.8. The zero-order valence-corrected chi connectivity index (χ0v) is 14.3. The molecule has 2 heterocycles. The van der Waals surface area contributed by atoms with Gasteiger partial charge in [-0.25, -0.2) is 0 Å². The van der Waals surface area contributed by atoms with Crippen molar-refractivity contribution >= 4 is 5.91 Å². The molecule has 2 aromatic rings. The van der Waals surface area contributed by atoms with E-state index in [1.165, 1.54) is 0 Å². The van der Waals surface area contributed by atoms with Crippen LogP contribution in [0, 0.1) is 13.8 Å². The lowest BCUT2D eigenvalue weighted by atomic mass is 10.1. The summed E-state index contributed by atoms with van der Waals surface area (Å²) < 4.78 is 12.3. The Morgan fingerprint density at radius 1 is 1.43 bits per heavy atom. The molecule has 0 saturated carbocycles. The minimum Gasteiger partial charge on any atom is -0.467 e. The molecular formula is C17H25N3O3. The van der Waals surface area contributed by atoms with Gasteiger partial charge in [0.15, 0.2) is 0 Å². The Morgan fingerprint density at radius 2 is 2.22 bits per heavy atom. The Labute approximate surface area is 137 Å². The second-order valence-electron chi connectivity index (χ2n) is 5.66. The number of furan rings is 1. The predicted molar refractivity (Wildman–Crippen MR) is 87.0 cm³/mol. The number of ether oxygens (including phenoxy) is 1. The monoisotopic (exact) mass is 319 g/mol. The normalized spacial score (nSPS) is 11.0. The minimum atomic E-state index is 0.0982. The summed E-state index contributed by atoms with van der Waals surface area (Å²) in [5.41, 5.74) is 3.27. The van der Waals surface area contributed by atoms with E-state index in [9.17, 15) is 4.79 Å². The summed E-state index contributed by atoms with van der Waals surface area (Å²) in [6, 6.07) is 3.71. The number of carbonyl (C=O) groups excluding carboxylic acids is 1. The molecule has 0 aliphatic rings. The maximum Gasteiger partial charge on any atom is 0.223 e. The molecule has 0 N–H and O–H groups in total. The summed E-state index contributed by atoms with van der Waals surface area (Å²) >= 11 is 0. The van der Waals surface area contributed by atoms with Gasteiger partial charge in [-0.1, -0.05) is 0 Å². The zero-order valence-electron chi connectivity index (χ0n) is 14.3. The van der Waals surface area contributed by atoms with Crippen LogP contribution < -0.4 is 0 Å². The van der Waals surface area contributed by atoms with E-state index in [0.29, 0.717) is 32.5 Å². The van der Waals surface area contributed by atoms with E-state index in [4.69, 9.17) is 9.15 Å². The molecule has 1 amide bonds. The highest BCUT2D eigenvalue weighted by Crippen LogP contribution is 2.15. The van der Waals surface area contributed by atoms with Crippen LogP contribution in [0.1, 0.15) is 29.1 Å². The van der Waals surface area contributed by atoms with Crippen molar-refractivity contribution in [3.05, 3.63) is 41.1 Å². The molecule has 0 radical (unpaired) electrons. The fourth-order valence-corrected chi connectivity index (χ4v) is 2.65. The van der Waals surface area contributed by atoms with E-state index in [-0.39, 0.29) is 5.91 Å². The second kappa shape index (κ2) is 7.97. The Morgan fingerprint density at radius 3 is 2.78 bits per heavy atom. The van der Waals surface area contributed by atoms with Crippen molar-refractivity contribution < 1.29 is 13.9 Å². The molecule has 0 bridgehead atoms. The van der Waals surface area contributed by atoms with E-state index < -0.39 is 0 Å². The fraction of sp³-hybridized carbons (Fsp3) is 0.529. The lowest BCUT2D eigenvalue weighted by Gasteiger charge is -2.21. The molecule has 0 aromatic carbocycles. The van der Waals surface area contributed by atoms with Gasteiger partial charge in [-0.3, -0.25) is 9.48 Å². The third kappa shape index (κ3) is 4.45. The van der Waals surface area contributed by atoms with Gasteiger partial charge in [-0.05, 0) is 38.0 Å². The van der Waals surface area contributed by atoms with Crippen molar-refractivity contribution in [2.24, 2.45) is 7.05 Å². The van der Waals surface area contributed by atoms with E-state index in [0.717, 1.165) is 22.7 Å². The first kappa shape index (κ1) is 17.3. The highest BCUT2D eigenvalue weighted by Gasteiger charge is 2.17. The third-order valence-electron chi connectivity index (χ3n) is 4.09. The molecule has 0 fully saturated rings. The molecule has 2 aromatic heterocycles. The number of nitrogens with zero attached hydrogens (tertiary/aromatic N) is 3. The van der Waals surface area contributed by atoms with Crippen molar-refractivity contribution in [1.82, 2.24) is 14.7 Å². The summed E-state index contributed by atoms with van der Waals surface area (Å²) in [5, 5.41) is 4.40. The Bertz CT molecular complexity index is 632. The van der Waals surface area contributed by atoms with Crippen LogP contribution in [0.2, 0.25) is 0 Å². The maximum absolute atomic E-state index is 12.6. The van der Waals surface area contributed by atoms with Crippen LogP contribution in [0.3, 0.4) is 0 Å². The van der Waals surface area contributed by atoms with Gasteiger partial charge in [0.1, 0.15) is 5.76 Å². The summed E-state index contributed by atoms with van der Waals surface area (Å²) in [6.07, 6.45) is 2.78. The summed E-state index contributed by atoms with van der Waals surface area (Å²) in [4.78, 5) is 14.4. The number of aromatic nitrogens is 2. The van der Waals surface area contributed by atoms with Crippen LogP contribution in [0.4, 0.5) is 0 Å². The van der Waals surface area contributed by atoms with Gasteiger partial charge in [-0.2, -0.15) is 5.10 Å². The topological polar surface area (TPSA) is 60.5 Å². The average Bonchev–Trinajstić information content (AvgIpc) is 3.11. The highest BCUT2D eigenvalue weighted by molar-refractivity contribution is 5.76. The Kier molecular flexibility index (Phi) is 5.98. The molecule has 0 aliphatic heterocycles. The van der Waals surface area contributed by atoms with E-state index in [1.54, 1.807) is 18.3 Å². The molecule has 126 valence electrons. The number of amides is 1. The number of rotatable bonds is 8. The standard InChI is InChI=1S/C17H25N3O3/c1-13-16(14(2)19(3)18-13)7-8-17(21)20(9-11-22-4)12-15-6-5-10-23-15/h5-6,10H,7-9,11-12H2,1-4H3. The van der Waals surface area contributed by atoms with Crippen molar-refractivity contribution in [2.75, 3.05) is 20.3 Å². The van der Waals surface area contributed by atoms with Gasteiger partial charge in [0.25, 0.3) is 0 Å². The first-order chi connectivity index (χ1) is 11.0. The smallest absolute Gasteiger partial charge is 0.223 e. The summed E-state index contributed by atoms with van der Waals surface area (Å²) in [7, 11) is 3.56. The van der Waals surface area contributed by atoms with Crippen LogP contribution in [0.25, 0.3) is 0 Å². The largest absolute Gasteiger partial charge is 0.467 e. The van der Waals surface area contributed by atoms with Crippen molar-refractivity contribution in [2.45, 2.75) is 33.2 Å². The summed E-state index contributed by atoms with van der Waals surface area (Å²) in [5.74, 6) is 0.879. The molecule has 2 rings (SSSR count). The molecule has 23 heavy (non-hydrogen) atoms. The molecular weight excluding hydrogens is 294 g/mol. The van der Waals surface area contributed by atoms with Gasteiger partial charge in [0.05, 0.1) is 25.1 Å². The van der Waals surface area contributed by atoms with Gasteiger partial charge in [-0.15, -0.1) is 0 Å². The number of carbonyl (C=O) groups is 1. The quantitative estimate of drug-likeness (QED) is 0.748. The Balaban J connectivity index is 1.99. The van der Waals surface area contributed by atoms with Crippen LogP contribution >= 0.6 is 0 Å². The van der Waals surface area contributed by atoms with Gasteiger partial charge in [0.2, 0.25) is 5.91 Å². The van der Waals surface area contributed by atoms with Crippen LogP contribution in [0.15, 0.2) is 22.8 Å². The van der Waals surface area contributed by atoms with Crippen LogP contribution in [-0.2, 0) is 29.5 Å². The minimum absolute atomic E-state index is 0.0982. The molecule has 0 aliphatic carbocycles. The molecule has 6 nitrogen and oxygen atoms in total. The van der Waals surface area contributed by atoms with Gasteiger partial charge in [0, 0.05) is 32.8 Å².